The van der Waals surface area contributed by atoms with Crippen LogP contribution in [-0.2, 0) is 6.54 Å². The summed E-state index contributed by atoms with van der Waals surface area (Å²) in [6.07, 6.45) is 1.66. The Morgan fingerprint density at radius 1 is 1.24 bits per heavy atom. The second kappa shape index (κ2) is 5.10. The molecule has 0 saturated carbocycles. The zero-order valence-corrected chi connectivity index (χ0v) is 11.0. The molecule has 0 aliphatic rings. The van der Waals surface area contributed by atoms with Crippen LogP contribution in [0.3, 0.4) is 0 Å². The zero-order chi connectivity index (χ0) is 14.8. The minimum atomic E-state index is -0.947. The highest BCUT2D eigenvalue weighted by atomic mass is 16.4. The Morgan fingerprint density at radius 2 is 2.00 bits per heavy atom. The quantitative estimate of drug-likeness (QED) is 0.798. The van der Waals surface area contributed by atoms with Gasteiger partial charge in [0.05, 0.1) is 35.5 Å². The fourth-order valence-electron chi connectivity index (χ4n) is 2.20. The van der Waals surface area contributed by atoms with Crippen LogP contribution in [0.15, 0.2) is 48.7 Å². The van der Waals surface area contributed by atoms with Gasteiger partial charge < -0.3 is 5.11 Å². The predicted octanol–water partition coefficient (Wildman–Crippen LogP) is 2.65. The van der Waals surface area contributed by atoms with E-state index >= 15 is 0 Å². The van der Waals surface area contributed by atoms with Crippen LogP contribution in [0.1, 0.15) is 21.5 Å². The highest BCUT2D eigenvalue weighted by Crippen LogP contribution is 2.17. The number of nitriles is 1. The second-order valence-corrected chi connectivity index (χ2v) is 4.69. The van der Waals surface area contributed by atoms with E-state index in [4.69, 9.17) is 10.4 Å². The summed E-state index contributed by atoms with van der Waals surface area (Å²) in [5.41, 5.74) is 2.78. The Bertz CT molecular complexity index is 857. The van der Waals surface area contributed by atoms with Gasteiger partial charge in [-0.25, -0.2) is 4.79 Å². The topological polar surface area (TPSA) is 78.9 Å². The molecular formula is C16H11N3O2. The third-order valence-electron chi connectivity index (χ3n) is 3.30. The first-order valence-corrected chi connectivity index (χ1v) is 6.35. The molecule has 0 spiro atoms. The van der Waals surface area contributed by atoms with E-state index in [9.17, 15) is 4.79 Å². The molecule has 3 rings (SSSR count). The average molecular weight is 277 g/mol. The van der Waals surface area contributed by atoms with Gasteiger partial charge in [0.1, 0.15) is 0 Å². The lowest BCUT2D eigenvalue weighted by molar-refractivity contribution is 0.0697. The standard InChI is InChI=1S/C16H11N3O2/c17-8-11-1-3-12(4-2-11)10-19-15-6-5-13(16(20)21)7-14(15)9-18-19/h1-7,9H,10H2,(H,20,21). The van der Waals surface area contributed by atoms with Crippen molar-refractivity contribution in [1.29, 1.82) is 5.26 Å². The van der Waals surface area contributed by atoms with Crippen molar-refractivity contribution in [1.82, 2.24) is 9.78 Å². The second-order valence-electron chi connectivity index (χ2n) is 4.69. The molecule has 0 atom stereocenters. The number of aromatic nitrogens is 2. The van der Waals surface area contributed by atoms with Crippen molar-refractivity contribution in [3.8, 4) is 6.07 Å². The largest absolute Gasteiger partial charge is 0.478 e. The van der Waals surface area contributed by atoms with Crippen LogP contribution in [0.2, 0.25) is 0 Å². The number of carboxylic acid groups (broad SMARTS) is 1. The maximum Gasteiger partial charge on any atom is 0.335 e. The summed E-state index contributed by atoms with van der Waals surface area (Å²) >= 11 is 0. The molecule has 0 unspecified atom stereocenters. The number of nitrogens with zero attached hydrogens (tertiary/aromatic N) is 3. The van der Waals surface area contributed by atoms with Crippen molar-refractivity contribution in [2.45, 2.75) is 6.54 Å². The van der Waals surface area contributed by atoms with Gasteiger partial charge in [-0.15, -0.1) is 0 Å². The van der Waals surface area contributed by atoms with E-state index in [1.807, 2.05) is 16.8 Å². The van der Waals surface area contributed by atoms with E-state index in [1.54, 1.807) is 36.5 Å². The van der Waals surface area contributed by atoms with E-state index in [1.165, 1.54) is 0 Å². The first-order valence-electron chi connectivity index (χ1n) is 6.35. The number of hydrogen-bond acceptors (Lipinski definition) is 3. The van der Waals surface area contributed by atoms with Crippen molar-refractivity contribution in [3.63, 3.8) is 0 Å². The Labute approximate surface area is 120 Å². The maximum absolute atomic E-state index is 10.9. The molecule has 0 amide bonds. The first-order chi connectivity index (χ1) is 10.2. The molecule has 0 aliphatic heterocycles. The molecule has 0 aliphatic carbocycles. The average Bonchev–Trinajstić information content (AvgIpc) is 2.90. The van der Waals surface area contributed by atoms with Crippen LogP contribution in [0.25, 0.3) is 10.9 Å². The molecule has 0 bridgehead atoms. The number of carboxylic acids is 1. The van der Waals surface area contributed by atoms with Gasteiger partial charge in [-0.05, 0) is 35.9 Å². The molecule has 21 heavy (non-hydrogen) atoms. The van der Waals surface area contributed by atoms with E-state index in [2.05, 4.69) is 11.2 Å². The molecule has 1 aromatic heterocycles. The molecule has 1 N–H and O–H groups in total. The predicted molar refractivity (Wildman–Crippen MR) is 77.0 cm³/mol. The van der Waals surface area contributed by atoms with Crippen LogP contribution >= 0.6 is 0 Å². The minimum Gasteiger partial charge on any atom is -0.478 e. The molecule has 3 aromatic rings. The Balaban J connectivity index is 1.93. The molecule has 0 saturated heterocycles. The molecule has 0 radical (unpaired) electrons. The van der Waals surface area contributed by atoms with Gasteiger partial charge in [0.15, 0.2) is 0 Å². The highest BCUT2D eigenvalue weighted by molar-refractivity contribution is 5.93. The Kier molecular flexibility index (Phi) is 3.13. The van der Waals surface area contributed by atoms with Gasteiger partial charge in [-0.1, -0.05) is 12.1 Å². The SMILES string of the molecule is N#Cc1ccc(Cn2ncc3cc(C(=O)O)ccc32)cc1. The number of rotatable bonds is 3. The van der Waals surface area contributed by atoms with E-state index < -0.39 is 5.97 Å². The lowest BCUT2D eigenvalue weighted by Gasteiger charge is -2.04. The van der Waals surface area contributed by atoms with Gasteiger partial charge in [0.2, 0.25) is 0 Å². The molecule has 5 nitrogen and oxygen atoms in total. The lowest BCUT2D eigenvalue weighted by atomic mass is 10.1. The van der Waals surface area contributed by atoms with Gasteiger partial charge in [-0.2, -0.15) is 10.4 Å². The van der Waals surface area contributed by atoms with Gasteiger partial charge >= 0.3 is 5.97 Å². The molecule has 5 heteroatoms. The zero-order valence-electron chi connectivity index (χ0n) is 11.0. The van der Waals surface area contributed by atoms with Gasteiger partial charge in [-0.3, -0.25) is 4.68 Å². The molecule has 1 heterocycles. The van der Waals surface area contributed by atoms with Crippen LogP contribution in [0.4, 0.5) is 0 Å². The van der Waals surface area contributed by atoms with Crippen LogP contribution in [0, 0.1) is 11.3 Å². The summed E-state index contributed by atoms with van der Waals surface area (Å²) < 4.78 is 1.81. The van der Waals surface area contributed by atoms with Crippen molar-refractivity contribution in [2.75, 3.05) is 0 Å². The summed E-state index contributed by atoms with van der Waals surface area (Å²) in [6, 6.07) is 14.3. The van der Waals surface area contributed by atoms with Crippen molar-refractivity contribution in [3.05, 3.63) is 65.4 Å². The van der Waals surface area contributed by atoms with Crippen LogP contribution in [-0.4, -0.2) is 20.9 Å². The summed E-state index contributed by atoms with van der Waals surface area (Å²) in [5.74, 6) is -0.947. The first kappa shape index (κ1) is 12.9. The summed E-state index contributed by atoms with van der Waals surface area (Å²) in [7, 11) is 0. The number of fused-ring (bicyclic) bond motifs is 1. The summed E-state index contributed by atoms with van der Waals surface area (Å²) in [5, 5.41) is 22.9. The van der Waals surface area contributed by atoms with E-state index in [-0.39, 0.29) is 5.56 Å². The van der Waals surface area contributed by atoms with Crippen LogP contribution < -0.4 is 0 Å². The van der Waals surface area contributed by atoms with E-state index in [0.29, 0.717) is 12.1 Å². The van der Waals surface area contributed by atoms with Crippen LogP contribution in [0.5, 0.6) is 0 Å². The number of aromatic carboxylic acids is 1. The normalized spacial score (nSPS) is 10.4. The Hall–Kier alpha value is -3.13. The van der Waals surface area contributed by atoms with Crippen molar-refractivity contribution in [2.24, 2.45) is 0 Å². The van der Waals surface area contributed by atoms with Gasteiger partial charge in [0.25, 0.3) is 0 Å². The number of hydrogen-bond donors (Lipinski definition) is 1. The van der Waals surface area contributed by atoms with Gasteiger partial charge in [0, 0.05) is 5.39 Å². The monoisotopic (exact) mass is 277 g/mol. The highest BCUT2D eigenvalue weighted by Gasteiger charge is 2.08. The van der Waals surface area contributed by atoms with Crippen molar-refractivity contribution >= 4 is 16.9 Å². The summed E-state index contributed by atoms with van der Waals surface area (Å²) in [6.45, 7) is 0.571. The molecular weight excluding hydrogens is 266 g/mol. The molecule has 0 fully saturated rings. The van der Waals surface area contributed by atoms with E-state index in [0.717, 1.165) is 16.5 Å². The smallest absolute Gasteiger partial charge is 0.335 e. The minimum absolute atomic E-state index is 0.250. The fraction of sp³-hybridized carbons (Fsp3) is 0.0625. The summed E-state index contributed by atoms with van der Waals surface area (Å²) in [4.78, 5) is 10.9. The maximum atomic E-state index is 10.9. The molecule has 102 valence electrons. The third-order valence-corrected chi connectivity index (χ3v) is 3.30. The fourth-order valence-corrected chi connectivity index (χ4v) is 2.20. The lowest BCUT2D eigenvalue weighted by Crippen LogP contribution is -2.01. The third kappa shape index (κ3) is 2.47. The number of benzene rings is 2. The molecule has 2 aromatic carbocycles. The van der Waals surface area contributed by atoms with Crippen molar-refractivity contribution < 1.29 is 9.90 Å². The Morgan fingerprint density at radius 3 is 2.67 bits per heavy atom. The number of carbonyl (C=O) groups is 1.